The summed E-state index contributed by atoms with van der Waals surface area (Å²) in [5.41, 5.74) is 3.34. The fourth-order valence-electron chi connectivity index (χ4n) is 4.20. The highest BCUT2D eigenvalue weighted by Crippen LogP contribution is 2.25. The van der Waals surface area contributed by atoms with Crippen LogP contribution in [0.4, 0.5) is 4.79 Å². The van der Waals surface area contributed by atoms with E-state index < -0.39 is 0 Å². The molecule has 1 aliphatic rings. The first kappa shape index (κ1) is 23.4. The molecule has 0 bridgehead atoms. The maximum absolute atomic E-state index is 12.6. The van der Waals surface area contributed by atoms with Gasteiger partial charge in [0.05, 0.1) is 14.2 Å². The number of methoxy groups -OCH3 is 2. The number of benzene rings is 3. The standard InChI is InChI=1S/C29H31NO4/c1-32-27-19-25(20-28(21-27)33-2)9-8-22-10-12-26(13-11-22)34-29(31)30-16-14-24(15-17-30)18-23-6-4-3-5-7-23/h3-13,19-21,24H,14-18H2,1-2H3/b9-8+. The van der Waals surface area contributed by atoms with E-state index in [9.17, 15) is 4.79 Å². The Bertz CT molecular complexity index is 1080. The molecular formula is C29H31NO4. The molecule has 0 spiro atoms. The zero-order valence-electron chi connectivity index (χ0n) is 19.8. The Labute approximate surface area is 201 Å². The summed E-state index contributed by atoms with van der Waals surface area (Å²) in [6.45, 7) is 1.47. The summed E-state index contributed by atoms with van der Waals surface area (Å²) in [6.07, 6.45) is 6.79. The molecule has 4 rings (SSSR count). The third-order valence-corrected chi connectivity index (χ3v) is 6.17. The van der Waals surface area contributed by atoms with Gasteiger partial charge in [0.1, 0.15) is 17.2 Å². The zero-order valence-corrected chi connectivity index (χ0v) is 19.8. The molecule has 1 fully saturated rings. The maximum Gasteiger partial charge on any atom is 0.415 e. The van der Waals surface area contributed by atoms with Crippen LogP contribution in [0.1, 0.15) is 29.5 Å². The lowest BCUT2D eigenvalue weighted by Crippen LogP contribution is -2.40. The van der Waals surface area contributed by atoms with Crippen molar-refractivity contribution in [1.29, 1.82) is 0 Å². The summed E-state index contributed by atoms with van der Waals surface area (Å²) in [5, 5.41) is 0. The smallest absolute Gasteiger partial charge is 0.415 e. The molecule has 1 heterocycles. The minimum absolute atomic E-state index is 0.273. The van der Waals surface area contributed by atoms with Gasteiger partial charge in [0.25, 0.3) is 0 Å². The minimum Gasteiger partial charge on any atom is -0.497 e. The van der Waals surface area contributed by atoms with Gasteiger partial charge < -0.3 is 19.1 Å². The monoisotopic (exact) mass is 457 g/mol. The molecule has 3 aromatic rings. The molecule has 1 saturated heterocycles. The highest BCUT2D eigenvalue weighted by atomic mass is 16.6. The summed E-state index contributed by atoms with van der Waals surface area (Å²) in [5.74, 6) is 2.65. The number of carbonyl (C=O) groups is 1. The van der Waals surface area contributed by atoms with Gasteiger partial charge in [0.2, 0.25) is 0 Å². The van der Waals surface area contributed by atoms with E-state index in [0.29, 0.717) is 11.7 Å². The molecule has 0 unspecified atom stereocenters. The van der Waals surface area contributed by atoms with Gasteiger partial charge in [0, 0.05) is 19.2 Å². The summed E-state index contributed by atoms with van der Waals surface area (Å²) in [7, 11) is 3.27. The van der Waals surface area contributed by atoms with E-state index in [-0.39, 0.29) is 6.09 Å². The maximum atomic E-state index is 12.6. The number of carbonyl (C=O) groups excluding carboxylic acids is 1. The molecule has 1 aliphatic heterocycles. The number of amides is 1. The van der Waals surface area contributed by atoms with Crippen molar-refractivity contribution >= 4 is 18.2 Å². The van der Waals surface area contributed by atoms with E-state index in [1.807, 2.05) is 65.6 Å². The first-order valence-electron chi connectivity index (χ1n) is 11.6. The van der Waals surface area contributed by atoms with Gasteiger partial charge in [-0.3, -0.25) is 0 Å². The van der Waals surface area contributed by atoms with Crippen LogP contribution in [0.15, 0.2) is 72.8 Å². The number of nitrogens with zero attached hydrogens (tertiary/aromatic N) is 1. The van der Waals surface area contributed by atoms with Gasteiger partial charge in [-0.05, 0) is 66.1 Å². The van der Waals surface area contributed by atoms with Gasteiger partial charge in [-0.25, -0.2) is 4.79 Å². The Balaban J connectivity index is 1.28. The Kier molecular flexibility index (Phi) is 7.87. The van der Waals surface area contributed by atoms with Gasteiger partial charge in [-0.2, -0.15) is 0 Å². The van der Waals surface area contributed by atoms with Crippen LogP contribution in [0.2, 0.25) is 0 Å². The van der Waals surface area contributed by atoms with Crippen LogP contribution in [0.5, 0.6) is 17.2 Å². The first-order chi connectivity index (χ1) is 16.6. The van der Waals surface area contributed by atoms with Gasteiger partial charge in [-0.1, -0.05) is 54.6 Å². The molecule has 34 heavy (non-hydrogen) atoms. The van der Waals surface area contributed by atoms with Crippen LogP contribution in [0.25, 0.3) is 12.2 Å². The van der Waals surface area contributed by atoms with Crippen molar-refractivity contribution in [2.45, 2.75) is 19.3 Å². The second-order valence-electron chi connectivity index (χ2n) is 8.54. The lowest BCUT2D eigenvalue weighted by Gasteiger charge is -2.31. The molecule has 0 atom stereocenters. The van der Waals surface area contributed by atoms with Gasteiger partial charge in [0.15, 0.2) is 0 Å². The van der Waals surface area contributed by atoms with Crippen LogP contribution < -0.4 is 14.2 Å². The van der Waals surface area contributed by atoms with Crippen LogP contribution in [-0.2, 0) is 6.42 Å². The fourth-order valence-corrected chi connectivity index (χ4v) is 4.20. The van der Waals surface area contributed by atoms with Crippen molar-refractivity contribution in [3.05, 3.63) is 89.5 Å². The molecular weight excluding hydrogens is 426 g/mol. The average Bonchev–Trinajstić information content (AvgIpc) is 2.89. The molecule has 3 aromatic carbocycles. The molecule has 1 amide bonds. The molecule has 0 radical (unpaired) electrons. The second kappa shape index (κ2) is 11.4. The fraction of sp³-hybridized carbons (Fsp3) is 0.276. The van der Waals surface area contributed by atoms with E-state index in [1.54, 1.807) is 14.2 Å². The van der Waals surface area contributed by atoms with Crippen LogP contribution in [-0.4, -0.2) is 38.3 Å². The normalized spacial score (nSPS) is 14.2. The number of rotatable bonds is 7. The quantitative estimate of drug-likeness (QED) is 0.389. The zero-order chi connectivity index (χ0) is 23.8. The molecule has 0 N–H and O–H groups in total. The van der Waals surface area contributed by atoms with Crippen LogP contribution in [0, 0.1) is 5.92 Å². The largest absolute Gasteiger partial charge is 0.497 e. The van der Waals surface area contributed by atoms with Crippen molar-refractivity contribution in [2.24, 2.45) is 5.92 Å². The Morgan fingerprint density at radius 1 is 0.824 bits per heavy atom. The lowest BCUT2D eigenvalue weighted by atomic mass is 9.90. The van der Waals surface area contributed by atoms with E-state index in [2.05, 4.69) is 24.3 Å². The van der Waals surface area contributed by atoms with Crippen LogP contribution >= 0.6 is 0 Å². The molecule has 0 aliphatic carbocycles. The third-order valence-electron chi connectivity index (χ3n) is 6.17. The van der Waals surface area contributed by atoms with Crippen molar-refractivity contribution in [3.8, 4) is 17.2 Å². The predicted octanol–water partition coefficient (Wildman–Crippen LogP) is 6.33. The molecule has 5 heteroatoms. The van der Waals surface area contributed by atoms with Crippen molar-refractivity contribution in [2.75, 3.05) is 27.3 Å². The summed E-state index contributed by atoms with van der Waals surface area (Å²) >= 11 is 0. The van der Waals surface area contributed by atoms with Crippen molar-refractivity contribution in [3.63, 3.8) is 0 Å². The topological polar surface area (TPSA) is 48.0 Å². The van der Waals surface area contributed by atoms with E-state index in [4.69, 9.17) is 14.2 Å². The number of hydrogen-bond donors (Lipinski definition) is 0. The van der Waals surface area contributed by atoms with E-state index in [1.165, 1.54) is 5.56 Å². The highest BCUT2D eigenvalue weighted by Gasteiger charge is 2.24. The van der Waals surface area contributed by atoms with E-state index in [0.717, 1.165) is 55.0 Å². The highest BCUT2D eigenvalue weighted by molar-refractivity contribution is 5.73. The van der Waals surface area contributed by atoms with E-state index >= 15 is 0 Å². The molecule has 0 aromatic heterocycles. The average molecular weight is 458 g/mol. The Morgan fingerprint density at radius 3 is 2.06 bits per heavy atom. The molecule has 5 nitrogen and oxygen atoms in total. The Morgan fingerprint density at radius 2 is 1.44 bits per heavy atom. The third kappa shape index (κ3) is 6.41. The number of piperidine rings is 1. The summed E-state index contributed by atoms with van der Waals surface area (Å²) in [6, 6.07) is 23.8. The summed E-state index contributed by atoms with van der Waals surface area (Å²) < 4.78 is 16.3. The first-order valence-corrected chi connectivity index (χ1v) is 11.6. The van der Waals surface area contributed by atoms with Crippen molar-refractivity contribution < 1.29 is 19.0 Å². The number of likely N-dealkylation sites (tertiary alicyclic amines) is 1. The number of hydrogen-bond acceptors (Lipinski definition) is 4. The SMILES string of the molecule is COc1cc(/C=C/c2ccc(OC(=O)N3CCC(Cc4ccccc4)CC3)cc2)cc(OC)c1. The van der Waals surface area contributed by atoms with Crippen molar-refractivity contribution in [1.82, 2.24) is 4.90 Å². The van der Waals surface area contributed by atoms with Gasteiger partial charge >= 0.3 is 6.09 Å². The van der Waals surface area contributed by atoms with Gasteiger partial charge in [-0.15, -0.1) is 0 Å². The lowest BCUT2D eigenvalue weighted by molar-refractivity contribution is 0.131. The van der Waals surface area contributed by atoms with Crippen LogP contribution in [0.3, 0.4) is 0 Å². The number of ether oxygens (including phenoxy) is 3. The predicted molar refractivity (Wildman–Crippen MR) is 135 cm³/mol. The summed E-state index contributed by atoms with van der Waals surface area (Å²) in [4.78, 5) is 14.4. The molecule has 176 valence electrons. The minimum atomic E-state index is -0.273. The molecule has 0 saturated carbocycles. The Hall–Kier alpha value is -3.73. The second-order valence-corrected chi connectivity index (χ2v) is 8.54.